The highest BCUT2D eigenvalue weighted by atomic mass is 16.6. The highest BCUT2D eigenvalue weighted by molar-refractivity contribution is 5.66. The average Bonchev–Trinajstić information content (AvgIpc) is 2.35. The van der Waals surface area contributed by atoms with Gasteiger partial charge in [-0.05, 0) is 12.8 Å². The van der Waals surface area contributed by atoms with E-state index in [1.165, 1.54) is 19.8 Å². The molecule has 0 amide bonds. The third-order valence-corrected chi connectivity index (χ3v) is 2.17. The molecule has 1 fully saturated rings. The summed E-state index contributed by atoms with van der Waals surface area (Å²) in [5.74, 6) is 0.128. The Morgan fingerprint density at radius 1 is 1.55 bits per heavy atom. The zero-order valence-electron chi connectivity index (χ0n) is 6.88. The minimum absolute atomic E-state index is 0.274. The number of ether oxygens (including phenoxy) is 1. The number of esters is 1. The van der Waals surface area contributed by atoms with Crippen LogP contribution in [0.25, 0.3) is 0 Å². The first-order valence-electron chi connectivity index (χ1n) is 4.13. The molecule has 64 valence electrons. The first-order valence-corrected chi connectivity index (χ1v) is 4.13. The Morgan fingerprint density at radius 3 is 2.55 bits per heavy atom. The summed E-state index contributed by atoms with van der Waals surface area (Å²) in [4.78, 5) is 10.5. The molecular formula is C8H15NO2. The maximum absolute atomic E-state index is 10.5. The van der Waals surface area contributed by atoms with E-state index >= 15 is 0 Å². The number of nitrogens with two attached hydrogens (primary N) is 1. The number of hydrogen-bond donors (Lipinski definition) is 1. The second kappa shape index (κ2) is 3.72. The Morgan fingerprint density at radius 2 is 2.09 bits per heavy atom. The van der Waals surface area contributed by atoms with Crippen LogP contribution in [-0.2, 0) is 9.53 Å². The van der Waals surface area contributed by atoms with Crippen LogP contribution in [0, 0.1) is 5.92 Å². The number of carbonyl (C=O) groups is 1. The lowest BCUT2D eigenvalue weighted by molar-refractivity contribution is -0.148. The molecule has 1 rings (SSSR count). The van der Waals surface area contributed by atoms with Crippen LogP contribution in [0.15, 0.2) is 0 Å². The minimum Gasteiger partial charge on any atom is -0.447 e. The average molecular weight is 157 g/mol. The zero-order chi connectivity index (χ0) is 8.27. The van der Waals surface area contributed by atoms with Crippen LogP contribution in [0.1, 0.15) is 32.6 Å². The van der Waals surface area contributed by atoms with Crippen molar-refractivity contribution < 1.29 is 9.53 Å². The predicted molar refractivity (Wildman–Crippen MR) is 41.7 cm³/mol. The summed E-state index contributed by atoms with van der Waals surface area (Å²) in [7, 11) is 0. The van der Waals surface area contributed by atoms with Crippen molar-refractivity contribution in [2.45, 2.75) is 38.8 Å². The molecule has 1 saturated carbocycles. The normalized spacial score (nSPS) is 21.6. The fourth-order valence-electron chi connectivity index (χ4n) is 1.57. The van der Waals surface area contributed by atoms with Gasteiger partial charge in [-0.1, -0.05) is 12.8 Å². The molecule has 1 unspecified atom stereocenters. The van der Waals surface area contributed by atoms with Gasteiger partial charge in [0, 0.05) is 12.8 Å². The lowest BCUT2D eigenvalue weighted by atomic mass is 10.1. The third-order valence-electron chi connectivity index (χ3n) is 2.17. The second-order valence-electron chi connectivity index (χ2n) is 3.12. The molecule has 1 aliphatic carbocycles. The Hall–Kier alpha value is -0.570. The number of rotatable bonds is 2. The molecule has 1 aliphatic rings. The number of hydrogen-bond acceptors (Lipinski definition) is 3. The van der Waals surface area contributed by atoms with Crippen molar-refractivity contribution in [3.05, 3.63) is 0 Å². The van der Waals surface area contributed by atoms with E-state index in [1.807, 2.05) is 0 Å². The molecule has 1 atom stereocenters. The Balaban J connectivity index is 2.28. The molecule has 0 saturated heterocycles. The van der Waals surface area contributed by atoms with Gasteiger partial charge in [0.2, 0.25) is 0 Å². The van der Waals surface area contributed by atoms with E-state index in [0.717, 1.165) is 12.8 Å². The van der Waals surface area contributed by atoms with Gasteiger partial charge >= 0.3 is 5.97 Å². The van der Waals surface area contributed by atoms with Gasteiger partial charge in [-0.2, -0.15) is 0 Å². The largest absolute Gasteiger partial charge is 0.447 e. The third kappa shape index (κ3) is 2.50. The molecule has 0 aromatic rings. The summed E-state index contributed by atoms with van der Waals surface area (Å²) in [5, 5.41) is 0. The molecule has 0 radical (unpaired) electrons. The van der Waals surface area contributed by atoms with E-state index in [9.17, 15) is 4.79 Å². The second-order valence-corrected chi connectivity index (χ2v) is 3.12. The molecule has 0 aromatic carbocycles. The highest BCUT2D eigenvalue weighted by Crippen LogP contribution is 2.27. The van der Waals surface area contributed by atoms with Crippen LogP contribution in [0.3, 0.4) is 0 Å². The number of carbonyl (C=O) groups excluding carboxylic acids is 1. The molecule has 0 spiro atoms. The van der Waals surface area contributed by atoms with E-state index in [2.05, 4.69) is 0 Å². The Labute approximate surface area is 66.9 Å². The first-order chi connectivity index (χ1) is 5.20. The Kier molecular flexibility index (Phi) is 2.88. The molecule has 0 aliphatic heterocycles. The molecule has 11 heavy (non-hydrogen) atoms. The van der Waals surface area contributed by atoms with Gasteiger partial charge in [-0.15, -0.1) is 0 Å². The lowest BCUT2D eigenvalue weighted by Crippen LogP contribution is -2.32. The van der Waals surface area contributed by atoms with Gasteiger partial charge in [-0.25, -0.2) is 0 Å². The molecule has 0 bridgehead atoms. The van der Waals surface area contributed by atoms with E-state index in [-0.39, 0.29) is 12.2 Å². The van der Waals surface area contributed by atoms with Crippen molar-refractivity contribution in [2.24, 2.45) is 11.7 Å². The summed E-state index contributed by atoms with van der Waals surface area (Å²) in [6.07, 6.45) is 4.29. The van der Waals surface area contributed by atoms with E-state index in [4.69, 9.17) is 10.5 Å². The van der Waals surface area contributed by atoms with Crippen LogP contribution in [0.4, 0.5) is 0 Å². The maximum Gasteiger partial charge on any atom is 0.304 e. The highest BCUT2D eigenvalue weighted by Gasteiger charge is 2.23. The predicted octanol–water partition coefficient (Wildman–Crippen LogP) is 1.02. The van der Waals surface area contributed by atoms with Gasteiger partial charge < -0.3 is 4.74 Å². The molecule has 0 heterocycles. The van der Waals surface area contributed by atoms with Gasteiger partial charge in [0.1, 0.15) is 0 Å². The van der Waals surface area contributed by atoms with Crippen molar-refractivity contribution in [2.75, 3.05) is 0 Å². The fourth-order valence-corrected chi connectivity index (χ4v) is 1.57. The summed E-state index contributed by atoms with van der Waals surface area (Å²) in [5.41, 5.74) is 5.64. The van der Waals surface area contributed by atoms with Crippen LogP contribution in [0.5, 0.6) is 0 Å². The van der Waals surface area contributed by atoms with E-state index < -0.39 is 0 Å². The summed E-state index contributed by atoms with van der Waals surface area (Å²) < 4.78 is 4.87. The van der Waals surface area contributed by atoms with Crippen molar-refractivity contribution in [3.8, 4) is 0 Å². The zero-order valence-corrected chi connectivity index (χ0v) is 6.88. The molecular weight excluding hydrogens is 142 g/mol. The Bertz CT molecular complexity index is 141. The van der Waals surface area contributed by atoms with Crippen molar-refractivity contribution in [1.82, 2.24) is 0 Å². The summed E-state index contributed by atoms with van der Waals surface area (Å²) in [6, 6.07) is 0. The standard InChI is InChI=1S/C8H15NO2/c1-6(10)11-8(9)7-4-2-3-5-7/h7-8H,2-5,9H2,1H3. The van der Waals surface area contributed by atoms with Crippen molar-refractivity contribution in [1.29, 1.82) is 0 Å². The quantitative estimate of drug-likeness (QED) is 0.481. The molecule has 3 nitrogen and oxygen atoms in total. The van der Waals surface area contributed by atoms with Gasteiger partial charge in [0.15, 0.2) is 6.23 Å². The van der Waals surface area contributed by atoms with E-state index in [0.29, 0.717) is 5.92 Å². The van der Waals surface area contributed by atoms with Crippen molar-refractivity contribution >= 4 is 5.97 Å². The molecule has 0 aromatic heterocycles. The lowest BCUT2D eigenvalue weighted by Gasteiger charge is -2.17. The summed E-state index contributed by atoms with van der Waals surface area (Å²) >= 11 is 0. The van der Waals surface area contributed by atoms with Crippen molar-refractivity contribution in [3.63, 3.8) is 0 Å². The molecule has 3 heteroatoms. The first kappa shape index (κ1) is 8.53. The molecule has 2 N–H and O–H groups in total. The van der Waals surface area contributed by atoms with Crippen LogP contribution in [0.2, 0.25) is 0 Å². The van der Waals surface area contributed by atoms with Crippen LogP contribution in [-0.4, -0.2) is 12.2 Å². The summed E-state index contributed by atoms with van der Waals surface area (Å²) in [6.45, 7) is 1.40. The maximum atomic E-state index is 10.5. The fraction of sp³-hybridized carbons (Fsp3) is 0.875. The topological polar surface area (TPSA) is 52.3 Å². The van der Waals surface area contributed by atoms with Crippen LogP contribution >= 0.6 is 0 Å². The van der Waals surface area contributed by atoms with Crippen LogP contribution < -0.4 is 5.73 Å². The van der Waals surface area contributed by atoms with Gasteiger partial charge in [-0.3, -0.25) is 10.5 Å². The smallest absolute Gasteiger partial charge is 0.304 e. The van der Waals surface area contributed by atoms with Gasteiger partial charge in [0.25, 0.3) is 0 Å². The SMILES string of the molecule is CC(=O)OC(N)C1CCCC1. The van der Waals surface area contributed by atoms with Gasteiger partial charge in [0.05, 0.1) is 0 Å². The minimum atomic E-state index is -0.366. The monoisotopic (exact) mass is 157 g/mol. The van der Waals surface area contributed by atoms with E-state index in [1.54, 1.807) is 0 Å².